The fourth-order valence-electron chi connectivity index (χ4n) is 1.72. The molecule has 0 aliphatic heterocycles. The molecule has 0 unspecified atom stereocenters. The number of rotatable bonds is 8. The molecule has 1 aliphatic rings. The lowest BCUT2D eigenvalue weighted by Crippen LogP contribution is -2.32. The SMILES string of the molecule is CC(C)CNC(=O)CCNCC1(CC#N)CC1. The molecule has 0 aromatic rings. The molecule has 0 spiro atoms. The van der Waals surface area contributed by atoms with Crippen LogP contribution in [0.1, 0.15) is 39.5 Å². The first-order chi connectivity index (χ1) is 8.08. The average Bonchev–Trinajstić information content (AvgIpc) is 3.03. The highest BCUT2D eigenvalue weighted by atomic mass is 16.1. The molecule has 96 valence electrons. The summed E-state index contributed by atoms with van der Waals surface area (Å²) >= 11 is 0. The van der Waals surface area contributed by atoms with Crippen LogP contribution >= 0.6 is 0 Å². The smallest absolute Gasteiger partial charge is 0.221 e. The minimum atomic E-state index is 0.108. The largest absolute Gasteiger partial charge is 0.356 e. The third-order valence-electron chi connectivity index (χ3n) is 3.15. The molecular formula is C13H23N3O. The van der Waals surface area contributed by atoms with Gasteiger partial charge in [0.1, 0.15) is 0 Å². The van der Waals surface area contributed by atoms with E-state index in [9.17, 15) is 4.79 Å². The number of carbonyl (C=O) groups is 1. The van der Waals surface area contributed by atoms with Crippen molar-refractivity contribution in [1.82, 2.24) is 10.6 Å². The van der Waals surface area contributed by atoms with Gasteiger partial charge in [-0.2, -0.15) is 5.26 Å². The predicted octanol–water partition coefficient (Wildman–Crippen LogP) is 1.43. The number of hydrogen-bond donors (Lipinski definition) is 2. The normalized spacial score (nSPS) is 16.6. The van der Waals surface area contributed by atoms with Crippen LogP contribution in [-0.4, -0.2) is 25.5 Å². The summed E-state index contributed by atoms with van der Waals surface area (Å²) in [6.07, 6.45) is 3.45. The Balaban J connectivity index is 2.01. The van der Waals surface area contributed by atoms with Crippen molar-refractivity contribution in [2.24, 2.45) is 11.3 Å². The van der Waals surface area contributed by atoms with Gasteiger partial charge >= 0.3 is 0 Å². The zero-order valence-electron chi connectivity index (χ0n) is 10.9. The molecule has 0 aromatic heterocycles. The maximum absolute atomic E-state index is 11.4. The van der Waals surface area contributed by atoms with E-state index < -0.39 is 0 Å². The second kappa shape index (κ2) is 6.61. The summed E-state index contributed by atoms with van der Waals surface area (Å²) in [5.74, 6) is 0.605. The van der Waals surface area contributed by atoms with Crippen LogP contribution < -0.4 is 10.6 Å². The van der Waals surface area contributed by atoms with Gasteiger partial charge in [0.05, 0.1) is 6.07 Å². The van der Waals surface area contributed by atoms with Crippen molar-refractivity contribution in [2.45, 2.75) is 39.5 Å². The van der Waals surface area contributed by atoms with Crippen molar-refractivity contribution in [3.63, 3.8) is 0 Å². The van der Waals surface area contributed by atoms with E-state index in [2.05, 4.69) is 30.6 Å². The summed E-state index contributed by atoms with van der Waals surface area (Å²) in [6.45, 7) is 6.49. The molecule has 2 N–H and O–H groups in total. The second-order valence-electron chi connectivity index (χ2n) is 5.46. The molecule has 0 heterocycles. The second-order valence-corrected chi connectivity index (χ2v) is 5.46. The van der Waals surface area contributed by atoms with E-state index in [-0.39, 0.29) is 11.3 Å². The summed E-state index contributed by atoms with van der Waals surface area (Å²) in [7, 11) is 0. The van der Waals surface area contributed by atoms with Crippen molar-refractivity contribution in [3.05, 3.63) is 0 Å². The first-order valence-electron chi connectivity index (χ1n) is 6.42. The Morgan fingerprint density at radius 1 is 1.47 bits per heavy atom. The third-order valence-corrected chi connectivity index (χ3v) is 3.15. The molecule has 4 nitrogen and oxygen atoms in total. The highest BCUT2D eigenvalue weighted by Gasteiger charge is 2.41. The average molecular weight is 237 g/mol. The quantitative estimate of drug-likeness (QED) is 0.628. The van der Waals surface area contributed by atoms with Crippen LogP contribution in [0.25, 0.3) is 0 Å². The highest BCUT2D eigenvalue weighted by molar-refractivity contribution is 5.76. The van der Waals surface area contributed by atoms with Crippen LogP contribution in [0.15, 0.2) is 0 Å². The number of hydrogen-bond acceptors (Lipinski definition) is 3. The van der Waals surface area contributed by atoms with Crippen molar-refractivity contribution in [3.8, 4) is 6.07 Å². The Labute approximate surface area is 104 Å². The Bertz CT molecular complexity index is 290. The summed E-state index contributed by atoms with van der Waals surface area (Å²) in [4.78, 5) is 11.4. The van der Waals surface area contributed by atoms with Gasteiger partial charge in [-0.15, -0.1) is 0 Å². The lowest BCUT2D eigenvalue weighted by molar-refractivity contribution is -0.121. The van der Waals surface area contributed by atoms with Gasteiger partial charge < -0.3 is 10.6 Å². The Kier molecular flexibility index (Phi) is 5.43. The maximum Gasteiger partial charge on any atom is 0.221 e. The van der Waals surface area contributed by atoms with Gasteiger partial charge in [0, 0.05) is 32.5 Å². The highest BCUT2D eigenvalue weighted by Crippen LogP contribution is 2.47. The molecule has 0 atom stereocenters. The molecule has 0 aromatic carbocycles. The number of amides is 1. The van der Waals surface area contributed by atoms with Crippen molar-refractivity contribution < 1.29 is 4.79 Å². The molecule has 0 bridgehead atoms. The minimum Gasteiger partial charge on any atom is -0.356 e. The number of nitrogens with one attached hydrogen (secondary N) is 2. The number of nitrogens with zero attached hydrogens (tertiary/aromatic N) is 1. The van der Waals surface area contributed by atoms with E-state index in [0.29, 0.717) is 25.3 Å². The van der Waals surface area contributed by atoms with Gasteiger partial charge in [0.15, 0.2) is 0 Å². The standard InChI is InChI=1S/C13H23N3O/c1-11(2)9-16-12(17)3-8-15-10-13(4-5-13)6-7-14/h11,15H,3-6,8-10H2,1-2H3,(H,16,17). The monoisotopic (exact) mass is 237 g/mol. The Morgan fingerprint density at radius 2 is 2.18 bits per heavy atom. The lowest BCUT2D eigenvalue weighted by Gasteiger charge is -2.12. The molecule has 1 amide bonds. The van der Waals surface area contributed by atoms with Gasteiger partial charge in [-0.25, -0.2) is 0 Å². The van der Waals surface area contributed by atoms with Crippen molar-refractivity contribution in [1.29, 1.82) is 5.26 Å². The summed E-state index contributed by atoms with van der Waals surface area (Å²) in [5.41, 5.74) is 0.225. The van der Waals surface area contributed by atoms with E-state index >= 15 is 0 Å². The van der Waals surface area contributed by atoms with Gasteiger partial charge in [0.25, 0.3) is 0 Å². The Morgan fingerprint density at radius 3 is 2.71 bits per heavy atom. The van der Waals surface area contributed by atoms with Crippen molar-refractivity contribution in [2.75, 3.05) is 19.6 Å². The van der Waals surface area contributed by atoms with Crippen LogP contribution in [0.4, 0.5) is 0 Å². The summed E-state index contributed by atoms with van der Waals surface area (Å²) in [6, 6.07) is 2.23. The van der Waals surface area contributed by atoms with E-state index in [0.717, 1.165) is 25.9 Å². The van der Waals surface area contributed by atoms with Crippen LogP contribution in [0.2, 0.25) is 0 Å². The van der Waals surface area contributed by atoms with Gasteiger partial charge in [-0.05, 0) is 24.2 Å². The molecule has 1 saturated carbocycles. The topological polar surface area (TPSA) is 64.9 Å². The fraction of sp³-hybridized carbons (Fsp3) is 0.846. The van der Waals surface area contributed by atoms with Crippen LogP contribution in [0.5, 0.6) is 0 Å². The summed E-state index contributed by atoms with van der Waals surface area (Å²) < 4.78 is 0. The molecule has 0 radical (unpaired) electrons. The van der Waals surface area contributed by atoms with Crippen molar-refractivity contribution >= 4 is 5.91 Å². The Hall–Kier alpha value is -1.08. The van der Waals surface area contributed by atoms with Crippen LogP contribution in [-0.2, 0) is 4.79 Å². The first-order valence-corrected chi connectivity index (χ1v) is 6.42. The van der Waals surface area contributed by atoms with Gasteiger partial charge in [0.2, 0.25) is 5.91 Å². The van der Waals surface area contributed by atoms with Gasteiger partial charge in [-0.1, -0.05) is 13.8 Å². The van der Waals surface area contributed by atoms with Crippen LogP contribution in [0, 0.1) is 22.7 Å². The first kappa shape index (κ1) is 14.0. The van der Waals surface area contributed by atoms with E-state index in [1.807, 2.05) is 0 Å². The summed E-state index contributed by atoms with van der Waals surface area (Å²) in [5, 5.41) is 14.8. The molecule has 17 heavy (non-hydrogen) atoms. The third kappa shape index (κ3) is 5.69. The number of carbonyl (C=O) groups excluding carboxylic acids is 1. The maximum atomic E-state index is 11.4. The molecule has 1 rings (SSSR count). The van der Waals surface area contributed by atoms with Crippen LogP contribution in [0.3, 0.4) is 0 Å². The zero-order chi connectivity index (χ0) is 12.7. The van der Waals surface area contributed by atoms with E-state index in [1.54, 1.807) is 0 Å². The molecule has 4 heteroatoms. The molecule has 0 saturated heterocycles. The fourth-order valence-corrected chi connectivity index (χ4v) is 1.72. The predicted molar refractivity (Wildman–Crippen MR) is 67.2 cm³/mol. The van der Waals surface area contributed by atoms with E-state index in [1.165, 1.54) is 0 Å². The molecule has 1 aliphatic carbocycles. The minimum absolute atomic E-state index is 0.108. The zero-order valence-corrected chi connectivity index (χ0v) is 10.9. The molecule has 1 fully saturated rings. The molecular weight excluding hydrogens is 214 g/mol. The van der Waals surface area contributed by atoms with E-state index in [4.69, 9.17) is 5.26 Å². The number of nitriles is 1. The van der Waals surface area contributed by atoms with Gasteiger partial charge in [-0.3, -0.25) is 4.79 Å². The lowest BCUT2D eigenvalue weighted by atomic mass is 10.0.